The summed E-state index contributed by atoms with van der Waals surface area (Å²) in [5, 5.41) is 8.52. The highest BCUT2D eigenvalue weighted by molar-refractivity contribution is 5.85. The van der Waals surface area contributed by atoms with E-state index in [0.717, 1.165) is 51.9 Å². The number of aliphatic hydroxyl groups is 1. The van der Waals surface area contributed by atoms with Gasteiger partial charge in [-0.2, -0.15) is 0 Å². The lowest BCUT2D eigenvalue weighted by molar-refractivity contribution is -0.139. The maximum Gasteiger partial charge on any atom is 0.310 e. The van der Waals surface area contributed by atoms with Crippen LogP contribution in [0.15, 0.2) is 54.6 Å². The van der Waals surface area contributed by atoms with E-state index in [1.165, 1.54) is 24.7 Å². The Morgan fingerprint density at radius 2 is 1.40 bits per heavy atom. The summed E-state index contributed by atoms with van der Waals surface area (Å²) >= 11 is 0. The van der Waals surface area contributed by atoms with Gasteiger partial charge in [-0.05, 0) is 87.5 Å². The lowest BCUT2D eigenvalue weighted by atomic mass is 9.84. The zero-order valence-corrected chi connectivity index (χ0v) is 29.5. The molecule has 45 heavy (non-hydrogen) atoms. The van der Waals surface area contributed by atoms with Crippen molar-refractivity contribution in [2.75, 3.05) is 32.6 Å². The summed E-state index contributed by atoms with van der Waals surface area (Å²) < 4.78 is 5.05. The molecule has 3 aromatic rings. The molecular formula is C38H56N2O5. The Bertz CT molecular complexity index is 1290. The second-order valence-corrected chi connectivity index (χ2v) is 12.1. The summed E-state index contributed by atoms with van der Waals surface area (Å²) in [6.07, 6.45) is 2.34. The summed E-state index contributed by atoms with van der Waals surface area (Å²) in [5.41, 5.74) is 9.30. The number of carbonyl (C=O) groups is 3. The number of anilines is 1. The molecule has 0 heterocycles. The van der Waals surface area contributed by atoms with Crippen molar-refractivity contribution < 1.29 is 24.2 Å². The molecule has 0 radical (unpaired) electrons. The van der Waals surface area contributed by atoms with Crippen LogP contribution in [-0.2, 0) is 38.6 Å². The number of likely N-dealkylation sites (N-methyl/N-ethyl adjacent to an activating group) is 1. The van der Waals surface area contributed by atoms with E-state index in [4.69, 9.17) is 14.6 Å². The van der Waals surface area contributed by atoms with E-state index in [0.29, 0.717) is 6.54 Å². The molecule has 0 unspecified atom stereocenters. The molecule has 3 aromatic carbocycles. The standard InChI is InChI=1S/C30H36N2O3.C4H10O.C3H8.CH2O/c1-21-12-14-25(15-13-21)29-22(2)27(20-31(4)19-24-10-8-7-9-11-24)30(32(5)16-17-33)23(3)26(29)18-28(34)35-6;1-4(2,3)5;1-3-2;1-2/h7-15,17H,16,18-20H2,1-6H3;5H,1-3H3;3H2,1-2H3;1H2. The predicted octanol–water partition coefficient (Wildman–Crippen LogP) is 7.27. The fourth-order valence-corrected chi connectivity index (χ4v) is 4.79. The van der Waals surface area contributed by atoms with Gasteiger partial charge >= 0.3 is 5.97 Å². The number of hydrogen-bond donors (Lipinski definition) is 1. The number of nitrogens with zero attached hydrogens (tertiary/aromatic N) is 2. The number of carbonyl (C=O) groups excluding carboxylic acids is 3. The largest absolute Gasteiger partial charge is 0.469 e. The summed E-state index contributed by atoms with van der Waals surface area (Å²) in [7, 11) is 5.46. The minimum atomic E-state index is -0.500. The van der Waals surface area contributed by atoms with Gasteiger partial charge < -0.3 is 24.3 Å². The van der Waals surface area contributed by atoms with Crippen LogP contribution < -0.4 is 4.90 Å². The first-order valence-electron chi connectivity index (χ1n) is 15.3. The first-order chi connectivity index (χ1) is 21.2. The third kappa shape index (κ3) is 14.7. The summed E-state index contributed by atoms with van der Waals surface area (Å²) in [4.78, 5) is 36.2. The Morgan fingerprint density at radius 1 is 0.889 bits per heavy atom. The Labute approximate surface area is 272 Å². The number of esters is 1. The summed E-state index contributed by atoms with van der Waals surface area (Å²) in [5.74, 6) is -0.279. The topological polar surface area (TPSA) is 87.1 Å². The van der Waals surface area contributed by atoms with E-state index < -0.39 is 5.60 Å². The molecule has 0 aliphatic carbocycles. The first kappa shape index (κ1) is 41.2. The van der Waals surface area contributed by atoms with Crippen LogP contribution in [0, 0.1) is 20.8 Å². The van der Waals surface area contributed by atoms with E-state index in [1.54, 1.807) is 20.8 Å². The van der Waals surface area contributed by atoms with E-state index in [-0.39, 0.29) is 18.9 Å². The maximum absolute atomic E-state index is 12.5. The van der Waals surface area contributed by atoms with Gasteiger partial charge in [0.05, 0.1) is 25.7 Å². The molecule has 248 valence electrons. The Kier molecular flexibility index (Phi) is 19.2. The number of ether oxygens (including phenoxy) is 1. The number of aryl methyl sites for hydroxylation is 1. The van der Waals surface area contributed by atoms with Crippen LogP contribution in [0.4, 0.5) is 5.69 Å². The highest BCUT2D eigenvalue weighted by Crippen LogP contribution is 2.40. The molecule has 7 heteroatoms. The van der Waals surface area contributed by atoms with Crippen LogP contribution in [0.3, 0.4) is 0 Å². The van der Waals surface area contributed by atoms with Gasteiger partial charge in [-0.25, -0.2) is 0 Å². The van der Waals surface area contributed by atoms with Gasteiger partial charge in [0, 0.05) is 25.8 Å². The van der Waals surface area contributed by atoms with Gasteiger partial charge in [0.15, 0.2) is 0 Å². The second kappa shape index (κ2) is 21.0. The van der Waals surface area contributed by atoms with Crippen molar-refractivity contribution in [3.05, 3.63) is 88.0 Å². The zero-order valence-electron chi connectivity index (χ0n) is 29.5. The Morgan fingerprint density at radius 3 is 1.87 bits per heavy atom. The van der Waals surface area contributed by atoms with Gasteiger partial charge in [0.25, 0.3) is 0 Å². The predicted molar refractivity (Wildman–Crippen MR) is 188 cm³/mol. The van der Waals surface area contributed by atoms with Gasteiger partial charge in [0.1, 0.15) is 13.1 Å². The first-order valence-corrected chi connectivity index (χ1v) is 15.3. The molecule has 0 fully saturated rings. The highest BCUT2D eigenvalue weighted by atomic mass is 16.5. The minimum absolute atomic E-state index is 0.175. The van der Waals surface area contributed by atoms with Crippen molar-refractivity contribution >= 4 is 24.7 Å². The molecule has 0 spiro atoms. The maximum atomic E-state index is 12.5. The molecule has 1 N–H and O–H groups in total. The molecule has 0 amide bonds. The zero-order chi connectivity index (χ0) is 34.7. The number of benzene rings is 3. The quantitative estimate of drug-likeness (QED) is 0.188. The second-order valence-electron chi connectivity index (χ2n) is 12.1. The van der Waals surface area contributed by atoms with Crippen molar-refractivity contribution in [3.8, 4) is 11.1 Å². The van der Waals surface area contributed by atoms with Crippen LogP contribution in [0.1, 0.15) is 74.4 Å². The molecule has 0 bridgehead atoms. The number of hydrogen-bond acceptors (Lipinski definition) is 7. The molecule has 0 saturated carbocycles. The van der Waals surface area contributed by atoms with Crippen LogP contribution in [0.5, 0.6) is 0 Å². The highest BCUT2D eigenvalue weighted by Gasteiger charge is 2.25. The van der Waals surface area contributed by atoms with E-state index >= 15 is 0 Å². The van der Waals surface area contributed by atoms with Crippen molar-refractivity contribution in [3.63, 3.8) is 0 Å². The monoisotopic (exact) mass is 620 g/mol. The molecule has 7 nitrogen and oxygen atoms in total. The number of rotatable bonds is 10. The average molecular weight is 621 g/mol. The molecule has 3 rings (SSSR count). The van der Waals surface area contributed by atoms with Crippen molar-refractivity contribution in [2.24, 2.45) is 0 Å². The van der Waals surface area contributed by atoms with E-state index in [9.17, 15) is 9.59 Å². The molecule has 0 aliphatic heterocycles. The number of methoxy groups -OCH3 is 1. The van der Waals surface area contributed by atoms with Gasteiger partial charge in [0.2, 0.25) is 0 Å². The van der Waals surface area contributed by atoms with Crippen molar-refractivity contribution in [2.45, 2.75) is 86.9 Å². The van der Waals surface area contributed by atoms with Crippen LogP contribution in [0.2, 0.25) is 0 Å². The molecule has 0 atom stereocenters. The fraction of sp³-hybridized carbons (Fsp3) is 0.447. The average Bonchev–Trinajstić information content (AvgIpc) is 2.97. The van der Waals surface area contributed by atoms with Crippen LogP contribution in [-0.4, -0.2) is 62.4 Å². The van der Waals surface area contributed by atoms with Gasteiger partial charge in [-0.1, -0.05) is 80.4 Å². The lowest BCUT2D eigenvalue weighted by Crippen LogP contribution is -2.26. The smallest absolute Gasteiger partial charge is 0.310 e. The van der Waals surface area contributed by atoms with Crippen molar-refractivity contribution in [1.82, 2.24) is 4.90 Å². The van der Waals surface area contributed by atoms with Gasteiger partial charge in [-0.15, -0.1) is 0 Å². The summed E-state index contributed by atoms with van der Waals surface area (Å²) in [6, 6.07) is 18.8. The number of aldehydes is 1. The minimum Gasteiger partial charge on any atom is -0.469 e. The lowest BCUT2D eigenvalue weighted by Gasteiger charge is -2.31. The normalized spacial score (nSPS) is 10.3. The fourth-order valence-electron chi connectivity index (χ4n) is 4.79. The van der Waals surface area contributed by atoms with Gasteiger partial charge in [-0.3, -0.25) is 9.69 Å². The third-order valence-corrected chi connectivity index (χ3v) is 6.57. The van der Waals surface area contributed by atoms with Crippen LogP contribution in [0.25, 0.3) is 11.1 Å². The SMILES string of the molecule is C=O.CC(C)(C)O.CCC.COC(=O)Cc1c(C)c(N(C)CC=O)c(CN(C)Cc2ccccc2)c(C)c1-c1ccc(C)cc1. The summed E-state index contributed by atoms with van der Waals surface area (Å²) in [6.45, 7) is 19.5. The Balaban J connectivity index is 0.00000170. The molecular weight excluding hydrogens is 564 g/mol. The van der Waals surface area contributed by atoms with Crippen LogP contribution >= 0.6 is 0 Å². The third-order valence-electron chi connectivity index (χ3n) is 6.57. The van der Waals surface area contributed by atoms with Crippen molar-refractivity contribution in [1.29, 1.82) is 0 Å². The van der Waals surface area contributed by atoms with E-state index in [2.05, 4.69) is 88.2 Å². The molecule has 0 saturated heterocycles. The molecule has 0 aromatic heterocycles. The molecule has 0 aliphatic rings. The van der Waals surface area contributed by atoms with E-state index in [1.807, 2.05) is 31.7 Å². The Hall–Kier alpha value is -3.81.